The van der Waals surface area contributed by atoms with Crippen molar-refractivity contribution < 1.29 is 0 Å². The van der Waals surface area contributed by atoms with Crippen LogP contribution >= 0.6 is 11.3 Å². The van der Waals surface area contributed by atoms with Crippen LogP contribution in [0.3, 0.4) is 0 Å². The zero-order valence-electron chi connectivity index (χ0n) is 29.2. The van der Waals surface area contributed by atoms with Gasteiger partial charge in [0.25, 0.3) is 0 Å². The van der Waals surface area contributed by atoms with E-state index in [1.54, 1.807) is 0 Å². The molecule has 1 nitrogen and oxygen atoms in total. The third-order valence-electron chi connectivity index (χ3n) is 11.6. The van der Waals surface area contributed by atoms with Crippen LogP contribution in [0.2, 0.25) is 0 Å². The van der Waals surface area contributed by atoms with E-state index in [0.29, 0.717) is 0 Å². The van der Waals surface area contributed by atoms with Crippen LogP contribution in [0.15, 0.2) is 164 Å². The molecule has 0 saturated carbocycles. The second-order valence-corrected chi connectivity index (χ2v) is 16.0. The Bertz CT molecular complexity index is 3070. The molecule has 0 spiro atoms. The molecule has 0 aliphatic heterocycles. The first-order chi connectivity index (χ1) is 25.5. The molecule has 2 aromatic heterocycles. The average molecular weight is 682 g/mol. The number of rotatable bonds is 4. The molecule has 52 heavy (non-hydrogen) atoms. The van der Waals surface area contributed by atoms with E-state index >= 15 is 0 Å². The van der Waals surface area contributed by atoms with Gasteiger partial charge in [0.15, 0.2) is 0 Å². The fraction of sp³-hybridized carbons (Fsp3) is 0.0800. The van der Waals surface area contributed by atoms with Crippen molar-refractivity contribution in [2.75, 3.05) is 0 Å². The third-order valence-corrected chi connectivity index (χ3v) is 12.7. The number of hydrogen-bond donors (Lipinski definition) is 0. The molecule has 0 N–H and O–H groups in total. The van der Waals surface area contributed by atoms with Crippen LogP contribution in [0.25, 0.3) is 80.7 Å². The first-order valence-corrected chi connectivity index (χ1v) is 19.0. The zero-order chi connectivity index (χ0) is 34.6. The number of nitrogens with zero attached hydrogens (tertiary/aromatic N) is 1. The van der Waals surface area contributed by atoms with Gasteiger partial charge in [-0.1, -0.05) is 123 Å². The summed E-state index contributed by atoms with van der Waals surface area (Å²) in [4.78, 5) is 0. The first kappa shape index (κ1) is 29.7. The summed E-state index contributed by atoms with van der Waals surface area (Å²) >= 11 is 1.89. The molecule has 2 heterocycles. The Morgan fingerprint density at radius 2 is 1.13 bits per heavy atom. The fourth-order valence-electron chi connectivity index (χ4n) is 9.09. The lowest BCUT2D eigenvalue weighted by Gasteiger charge is -2.23. The zero-order valence-corrected chi connectivity index (χ0v) is 30.0. The van der Waals surface area contributed by atoms with E-state index in [1.807, 2.05) is 11.3 Å². The van der Waals surface area contributed by atoms with E-state index < -0.39 is 0 Å². The Morgan fingerprint density at radius 3 is 2.00 bits per heavy atom. The number of fused-ring (bicyclic) bond motifs is 11. The molecular formula is C50H35NS. The first-order valence-electron chi connectivity index (χ1n) is 18.2. The highest BCUT2D eigenvalue weighted by atomic mass is 32.1. The molecule has 10 aromatic rings. The summed E-state index contributed by atoms with van der Waals surface area (Å²) in [6.07, 6.45) is 0.919. The Labute approximate surface area is 307 Å². The van der Waals surface area contributed by atoms with Gasteiger partial charge in [0, 0.05) is 42.0 Å². The van der Waals surface area contributed by atoms with Crippen molar-refractivity contribution in [2.45, 2.75) is 25.7 Å². The van der Waals surface area contributed by atoms with Gasteiger partial charge < -0.3 is 4.57 Å². The molecule has 1 aliphatic rings. The lowest BCUT2D eigenvalue weighted by Crippen LogP contribution is -2.15. The highest BCUT2D eigenvalue weighted by Gasteiger charge is 2.37. The quantitative estimate of drug-likeness (QED) is 0.174. The maximum atomic E-state index is 2.50. The van der Waals surface area contributed by atoms with E-state index in [2.05, 4.69) is 182 Å². The van der Waals surface area contributed by atoms with Gasteiger partial charge in [0.05, 0.1) is 11.0 Å². The van der Waals surface area contributed by atoms with Gasteiger partial charge in [-0.15, -0.1) is 11.3 Å². The Balaban J connectivity index is 1.04. The third kappa shape index (κ3) is 4.28. The summed E-state index contributed by atoms with van der Waals surface area (Å²) in [5, 5.41) is 7.92. The van der Waals surface area contributed by atoms with Crippen molar-refractivity contribution in [3.8, 4) is 27.9 Å². The summed E-state index contributed by atoms with van der Waals surface area (Å²) in [6, 6.07) is 61.2. The minimum atomic E-state index is -0.138. The highest BCUT2D eigenvalue weighted by molar-refractivity contribution is 7.25. The minimum absolute atomic E-state index is 0.138. The summed E-state index contributed by atoms with van der Waals surface area (Å²) in [5.74, 6) is 0. The van der Waals surface area contributed by atoms with Crippen LogP contribution in [0.1, 0.15) is 36.1 Å². The number of thiophene rings is 1. The van der Waals surface area contributed by atoms with Crippen LogP contribution in [-0.2, 0) is 11.8 Å². The molecule has 0 saturated heterocycles. The Morgan fingerprint density at radius 1 is 0.462 bits per heavy atom. The van der Waals surface area contributed by atoms with E-state index in [9.17, 15) is 0 Å². The van der Waals surface area contributed by atoms with Gasteiger partial charge >= 0.3 is 0 Å². The normalized spacial score (nSPS) is 13.4. The smallest absolute Gasteiger partial charge is 0.0541 e. The highest BCUT2D eigenvalue weighted by Crippen LogP contribution is 2.53. The number of benzene rings is 8. The monoisotopic (exact) mass is 681 g/mol. The molecule has 0 atom stereocenters. The standard InChI is InChI=1S/C50H35NS/c1-50(2)43-28-32(26-31-21-25-48-42(27-31)37-16-9-11-19-47(37)52-48)20-23-39(43)49-38-17-7-6-14-35(38)40(30-44(49)50)33-22-24-46-41(29-33)36-15-8-10-18-45(36)51(46)34-12-4-3-5-13-34/h3-25,27-30H,26H2,1-2H3. The van der Waals surface area contributed by atoms with E-state index in [1.165, 1.54) is 103 Å². The van der Waals surface area contributed by atoms with Gasteiger partial charge in [0.2, 0.25) is 0 Å². The molecule has 8 aromatic carbocycles. The predicted octanol–water partition coefficient (Wildman–Crippen LogP) is 13.9. The Kier molecular flexibility index (Phi) is 6.30. The Hall–Kier alpha value is -5.96. The minimum Gasteiger partial charge on any atom is -0.309 e. The largest absolute Gasteiger partial charge is 0.309 e. The van der Waals surface area contributed by atoms with Crippen LogP contribution in [0, 0.1) is 0 Å². The molecule has 1 aliphatic carbocycles. The lowest BCUT2D eigenvalue weighted by atomic mass is 9.80. The molecular weight excluding hydrogens is 647 g/mol. The number of aromatic nitrogens is 1. The van der Waals surface area contributed by atoms with E-state index in [-0.39, 0.29) is 5.41 Å². The fourth-order valence-corrected chi connectivity index (χ4v) is 10.2. The molecule has 0 fully saturated rings. The molecule has 0 unspecified atom stereocenters. The molecule has 11 rings (SSSR count). The van der Waals surface area contributed by atoms with Crippen molar-refractivity contribution >= 4 is 64.1 Å². The second-order valence-electron chi connectivity index (χ2n) is 14.9. The summed E-state index contributed by atoms with van der Waals surface area (Å²) in [5.41, 5.74) is 14.4. The van der Waals surface area contributed by atoms with E-state index in [4.69, 9.17) is 0 Å². The van der Waals surface area contributed by atoms with Gasteiger partial charge in [0.1, 0.15) is 0 Å². The molecule has 2 heteroatoms. The van der Waals surface area contributed by atoms with Gasteiger partial charge in [-0.05, 0) is 116 Å². The topological polar surface area (TPSA) is 4.93 Å². The molecule has 0 amide bonds. The van der Waals surface area contributed by atoms with Crippen molar-refractivity contribution in [1.29, 1.82) is 0 Å². The van der Waals surface area contributed by atoms with Crippen molar-refractivity contribution in [1.82, 2.24) is 4.57 Å². The molecule has 0 radical (unpaired) electrons. The van der Waals surface area contributed by atoms with Gasteiger partial charge in [-0.25, -0.2) is 0 Å². The second kappa shape index (κ2) is 11.0. The summed E-state index contributed by atoms with van der Waals surface area (Å²) in [6.45, 7) is 4.83. The summed E-state index contributed by atoms with van der Waals surface area (Å²) in [7, 11) is 0. The van der Waals surface area contributed by atoms with Crippen LogP contribution < -0.4 is 0 Å². The van der Waals surface area contributed by atoms with Crippen LogP contribution in [0.5, 0.6) is 0 Å². The molecule has 0 bridgehead atoms. The van der Waals surface area contributed by atoms with Crippen LogP contribution in [0.4, 0.5) is 0 Å². The molecule has 246 valence electrons. The van der Waals surface area contributed by atoms with Crippen molar-refractivity contribution in [3.05, 3.63) is 186 Å². The summed E-state index contributed by atoms with van der Waals surface area (Å²) < 4.78 is 5.11. The number of para-hydroxylation sites is 2. The van der Waals surface area contributed by atoms with Crippen molar-refractivity contribution in [3.63, 3.8) is 0 Å². The van der Waals surface area contributed by atoms with Crippen molar-refractivity contribution in [2.24, 2.45) is 0 Å². The van der Waals surface area contributed by atoms with Crippen LogP contribution in [-0.4, -0.2) is 4.57 Å². The van der Waals surface area contributed by atoms with Gasteiger partial charge in [-0.2, -0.15) is 0 Å². The predicted molar refractivity (Wildman–Crippen MR) is 223 cm³/mol. The van der Waals surface area contributed by atoms with Gasteiger partial charge in [-0.3, -0.25) is 0 Å². The number of hydrogen-bond acceptors (Lipinski definition) is 1. The maximum absolute atomic E-state index is 2.50. The maximum Gasteiger partial charge on any atom is 0.0541 e. The van der Waals surface area contributed by atoms with E-state index in [0.717, 1.165) is 6.42 Å². The lowest BCUT2D eigenvalue weighted by molar-refractivity contribution is 0.660. The average Bonchev–Trinajstić information content (AvgIpc) is 3.80. The SMILES string of the molecule is CC1(C)c2cc(Cc3ccc4sc5ccccc5c4c3)ccc2-c2c1cc(-c1ccc3c(c1)c1ccccc1n3-c1ccccc1)c1ccccc21.